The molecule has 1 aliphatic carbocycles. The van der Waals surface area contributed by atoms with Gasteiger partial charge in [-0.3, -0.25) is 4.90 Å². The highest BCUT2D eigenvalue weighted by molar-refractivity contribution is 4.96. The maximum absolute atomic E-state index is 5.59. The highest BCUT2D eigenvalue weighted by atomic mass is 16.5. The molecule has 0 amide bonds. The predicted molar refractivity (Wildman–Crippen MR) is 84.7 cm³/mol. The van der Waals surface area contributed by atoms with Gasteiger partial charge in [0.15, 0.2) is 0 Å². The molecule has 4 heteroatoms. The van der Waals surface area contributed by atoms with E-state index in [0.717, 1.165) is 46.1 Å². The Hall–Kier alpha value is -0.160. The minimum Gasteiger partial charge on any atom is -0.381 e. The average molecular weight is 296 g/mol. The molecule has 0 unspecified atom stereocenters. The molecule has 0 aromatic rings. The fourth-order valence-corrected chi connectivity index (χ4v) is 4.29. The molecular formula is C17H32N2O2. The van der Waals surface area contributed by atoms with Gasteiger partial charge in [-0.25, -0.2) is 0 Å². The van der Waals surface area contributed by atoms with Crippen LogP contribution in [-0.2, 0) is 9.47 Å². The van der Waals surface area contributed by atoms with Crippen LogP contribution in [0.4, 0.5) is 0 Å². The maximum Gasteiger partial charge on any atom is 0.0594 e. The minimum absolute atomic E-state index is 0.398. The molecule has 3 rings (SSSR count). The predicted octanol–water partition coefficient (Wildman–Crippen LogP) is 2.18. The molecule has 4 nitrogen and oxygen atoms in total. The summed E-state index contributed by atoms with van der Waals surface area (Å²) in [5.74, 6) is 0. The SMILES string of the molecule is C1CCC(CN[C@@H]2CCCOCC2)(N2CCOCC2)CC1. The fourth-order valence-electron chi connectivity index (χ4n) is 4.29. The number of nitrogens with zero attached hydrogens (tertiary/aromatic N) is 1. The van der Waals surface area contributed by atoms with E-state index in [9.17, 15) is 0 Å². The second-order valence-electron chi connectivity index (χ2n) is 7.01. The zero-order chi connectivity index (χ0) is 14.4. The number of morpholine rings is 1. The number of rotatable bonds is 4. The fraction of sp³-hybridized carbons (Fsp3) is 1.00. The third-order valence-electron chi connectivity index (χ3n) is 5.64. The molecule has 1 saturated carbocycles. The summed E-state index contributed by atoms with van der Waals surface area (Å²) in [5.41, 5.74) is 0.398. The van der Waals surface area contributed by atoms with Gasteiger partial charge in [0.25, 0.3) is 0 Å². The molecule has 2 saturated heterocycles. The second kappa shape index (κ2) is 7.91. The lowest BCUT2D eigenvalue weighted by Gasteiger charge is -2.48. The first-order valence-electron chi connectivity index (χ1n) is 9.03. The van der Waals surface area contributed by atoms with Gasteiger partial charge < -0.3 is 14.8 Å². The van der Waals surface area contributed by atoms with Gasteiger partial charge in [0.05, 0.1) is 13.2 Å². The molecule has 0 spiro atoms. The molecule has 1 N–H and O–H groups in total. The van der Waals surface area contributed by atoms with E-state index in [1.165, 1.54) is 51.4 Å². The van der Waals surface area contributed by atoms with Crippen LogP contribution < -0.4 is 5.32 Å². The molecule has 0 radical (unpaired) electrons. The van der Waals surface area contributed by atoms with Crippen LogP contribution in [0.15, 0.2) is 0 Å². The molecule has 21 heavy (non-hydrogen) atoms. The van der Waals surface area contributed by atoms with E-state index in [1.54, 1.807) is 0 Å². The number of hydrogen-bond acceptors (Lipinski definition) is 4. The quantitative estimate of drug-likeness (QED) is 0.862. The molecule has 2 heterocycles. The topological polar surface area (TPSA) is 33.7 Å². The lowest BCUT2D eigenvalue weighted by atomic mass is 9.79. The van der Waals surface area contributed by atoms with Gasteiger partial charge >= 0.3 is 0 Å². The van der Waals surface area contributed by atoms with Gasteiger partial charge in [0.1, 0.15) is 0 Å². The van der Waals surface area contributed by atoms with Crippen LogP contribution in [0.3, 0.4) is 0 Å². The Labute approximate surface area is 129 Å². The van der Waals surface area contributed by atoms with E-state index >= 15 is 0 Å². The van der Waals surface area contributed by atoms with Crippen molar-refractivity contribution in [2.24, 2.45) is 0 Å². The zero-order valence-electron chi connectivity index (χ0n) is 13.4. The van der Waals surface area contributed by atoms with Gasteiger partial charge in [-0.1, -0.05) is 19.3 Å². The largest absolute Gasteiger partial charge is 0.381 e. The lowest BCUT2D eigenvalue weighted by Crippen LogP contribution is -2.60. The Bertz CT molecular complexity index is 291. The Morgan fingerprint density at radius 3 is 2.43 bits per heavy atom. The van der Waals surface area contributed by atoms with Crippen LogP contribution in [0.5, 0.6) is 0 Å². The molecule has 3 fully saturated rings. The van der Waals surface area contributed by atoms with Crippen molar-refractivity contribution in [2.75, 3.05) is 46.1 Å². The molecule has 2 aliphatic heterocycles. The van der Waals surface area contributed by atoms with Crippen molar-refractivity contribution in [1.29, 1.82) is 0 Å². The summed E-state index contributed by atoms with van der Waals surface area (Å²) in [7, 11) is 0. The Morgan fingerprint density at radius 2 is 1.62 bits per heavy atom. The van der Waals surface area contributed by atoms with E-state index in [1.807, 2.05) is 0 Å². The van der Waals surface area contributed by atoms with Gasteiger partial charge in [-0.2, -0.15) is 0 Å². The smallest absolute Gasteiger partial charge is 0.0594 e. The van der Waals surface area contributed by atoms with Crippen LogP contribution in [-0.4, -0.2) is 62.5 Å². The number of nitrogens with one attached hydrogen (secondary N) is 1. The van der Waals surface area contributed by atoms with Crippen molar-refractivity contribution >= 4 is 0 Å². The van der Waals surface area contributed by atoms with Gasteiger partial charge in [0.2, 0.25) is 0 Å². The molecule has 122 valence electrons. The molecule has 0 bridgehead atoms. The summed E-state index contributed by atoms with van der Waals surface area (Å²) < 4.78 is 11.2. The molecular weight excluding hydrogens is 264 g/mol. The zero-order valence-corrected chi connectivity index (χ0v) is 13.4. The van der Waals surface area contributed by atoms with E-state index in [2.05, 4.69) is 10.2 Å². The lowest BCUT2D eigenvalue weighted by molar-refractivity contribution is -0.0378. The Balaban J connectivity index is 1.58. The van der Waals surface area contributed by atoms with Gasteiger partial charge in [-0.15, -0.1) is 0 Å². The highest BCUT2D eigenvalue weighted by Crippen LogP contribution is 2.34. The Kier molecular flexibility index (Phi) is 5.92. The van der Waals surface area contributed by atoms with E-state index in [-0.39, 0.29) is 0 Å². The van der Waals surface area contributed by atoms with Crippen molar-refractivity contribution in [3.63, 3.8) is 0 Å². The van der Waals surface area contributed by atoms with Crippen molar-refractivity contribution in [1.82, 2.24) is 10.2 Å². The summed E-state index contributed by atoms with van der Waals surface area (Å²) in [5, 5.41) is 3.91. The number of hydrogen-bond donors (Lipinski definition) is 1. The first-order chi connectivity index (χ1) is 10.4. The summed E-state index contributed by atoms with van der Waals surface area (Å²) in [4.78, 5) is 2.73. The van der Waals surface area contributed by atoms with Gasteiger partial charge in [0, 0.05) is 44.4 Å². The van der Waals surface area contributed by atoms with Crippen molar-refractivity contribution in [3.8, 4) is 0 Å². The first kappa shape index (κ1) is 15.7. The van der Waals surface area contributed by atoms with E-state index < -0.39 is 0 Å². The normalized spacial score (nSPS) is 31.7. The summed E-state index contributed by atoms with van der Waals surface area (Å²) in [6.45, 7) is 7.12. The Morgan fingerprint density at radius 1 is 0.857 bits per heavy atom. The summed E-state index contributed by atoms with van der Waals surface area (Å²) in [6.07, 6.45) is 10.6. The third kappa shape index (κ3) is 4.19. The standard InChI is InChI=1S/C17H32N2O2/c1-2-7-17(8-3-1,19-9-13-21-14-10-19)15-18-16-5-4-11-20-12-6-16/h16,18H,1-15H2/t16-/m1/s1. The van der Waals surface area contributed by atoms with Crippen LogP contribution in [0.1, 0.15) is 51.4 Å². The van der Waals surface area contributed by atoms with E-state index in [4.69, 9.17) is 9.47 Å². The summed E-state index contributed by atoms with van der Waals surface area (Å²) >= 11 is 0. The molecule has 0 aromatic carbocycles. The van der Waals surface area contributed by atoms with Crippen molar-refractivity contribution < 1.29 is 9.47 Å². The van der Waals surface area contributed by atoms with Crippen molar-refractivity contribution in [2.45, 2.75) is 62.9 Å². The molecule has 0 aromatic heterocycles. The number of ether oxygens (including phenoxy) is 2. The summed E-state index contributed by atoms with van der Waals surface area (Å²) in [6, 6.07) is 0.660. The first-order valence-corrected chi connectivity index (χ1v) is 9.03. The maximum atomic E-state index is 5.59. The van der Waals surface area contributed by atoms with Crippen LogP contribution >= 0.6 is 0 Å². The van der Waals surface area contributed by atoms with E-state index in [0.29, 0.717) is 11.6 Å². The van der Waals surface area contributed by atoms with Crippen LogP contribution in [0.2, 0.25) is 0 Å². The second-order valence-corrected chi connectivity index (χ2v) is 7.01. The molecule has 3 aliphatic rings. The van der Waals surface area contributed by atoms with Gasteiger partial charge in [-0.05, 0) is 32.1 Å². The third-order valence-corrected chi connectivity index (χ3v) is 5.64. The van der Waals surface area contributed by atoms with Crippen molar-refractivity contribution in [3.05, 3.63) is 0 Å². The van der Waals surface area contributed by atoms with Crippen LogP contribution in [0, 0.1) is 0 Å². The molecule has 1 atom stereocenters. The highest BCUT2D eigenvalue weighted by Gasteiger charge is 2.38. The monoisotopic (exact) mass is 296 g/mol. The minimum atomic E-state index is 0.398. The average Bonchev–Trinajstić information content (AvgIpc) is 2.83. The van der Waals surface area contributed by atoms with Crippen LogP contribution in [0.25, 0.3) is 0 Å².